The first kappa shape index (κ1) is 16.2. The van der Waals surface area contributed by atoms with Gasteiger partial charge in [-0.2, -0.15) is 5.10 Å². The first-order valence-corrected chi connectivity index (χ1v) is 7.82. The first-order valence-electron chi connectivity index (χ1n) is 7.82. The minimum atomic E-state index is -0.214. The molecule has 2 rings (SSSR count). The highest BCUT2D eigenvalue weighted by molar-refractivity contribution is 5.93. The third-order valence-corrected chi connectivity index (χ3v) is 3.72. The second kappa shape index (κ2) is 8.32. The molecule has 5 heteroatoms. The van der Waals surface area contributed by atoms with E-state index < -0.39 is 0 Å². The Kier molecular flexibility index (Phi) is 6.13. The van der Waals surface area contributed by atoms with Crippen molar-refractivity contribution in [1.29, 1.82) is 0 Å². The predicted octanol–water partition coefficient (Wildman–Crippen LogP) is 3.09. The first-order chi connectivity index (χ1) is 10.6. The van der Waals surface area contributed by atoms with Gasteiger partial charge >= 0.3 is 0 Å². The van der Waals surface area contributed by atoms with E-state index in [0.717, 1.165) is 30.7 Å². The molecule has 22 heavy (non-hydrogen) atoms. The summed E-state index contributed by atoms with van der Waals surface area (Å²) in [5, 5.41) is 6.93. The molecular weight excluding hydrogens is 278 g/mol. The summed E-state index contributed by atoms with van der Waals surface area (Å²) in [6.07, 6.45) is 4.57. The Balaban J connectivity index is 1.69. The van der Waals surface area contributed by atoms with E-state index in [-0.39, 0.29) is 24.7 Å². The molecule has 0 aliphatic heterocycles. The topological polar surface area (TPSA) is 70.6 Å². The Labute approximate surface area is 131 Å². The van der Waals surface area contributed by atoms with Crippen LogP contribution in [0.25, 0.3) is 0 Å². The summed E-state index contributed by atoms with van der Waals surface area (Å²) in [5.41, 5.74) is 4.36. The summed E-state index contributed by atoms with van der Waals surface area (Å²) >= 11 is 0. The summed E-state index contributed by atoms with van der Waals surface area (Å²) in [6.45, 7) is 2.20. The van der Waals surface area contributed by atoms with Crippen molar-refractivity contribution >= 4 is 23.2 Å². The van der Waals surface area contributed by atoms with E-state index in [1.165, 1.54) is 6.42 Å². The second-order valence-electron chi connectivity index (χ2n) is 5.83. The van der Waals surface area contributed by atoms with Crippen molar-refractivity contribution in [3.05, 3.63) is 30.3 Å². The average molecular weight is 301 g/mol. The lowest BCUT2D eigenvalue weighted by atomic mass is 9.89. The van der Waals surface area contributed by atoms with Gasteiger partial charge in [-0.3, -0.25) is 9.59 Å². The van der Waals surface area contributed by atoms with Crippen molar-refractivity contribution in [2.75, 3.05) is 5.32 Å². The number of hydrazone groups is 1. The number of benzene rings is 1. The lowest BCUT2D eigenvalue weighted by Crippen LogP contribution is -2.23. The van der Waals surface area contributed by atoms with E-state index in [1.807, 2.05) is 30.3 Å². The van der Waals surface area contributed by atoms with Crippen LogP contribution in [0.4, 0.5) is 5.69 Å². The molecule has 0 unspecified atom stereocenters. The zero-order valence-electron chi connectivity index (χ0n) is 13.0. The third-order valence-electron chi connectivity index (χ3n) is 3.72. The average Bonchev–Trinajstić information content (AvgIpc) is 2.52. The Hall–Kier alpha value is -2.17. The number of para-hydroxylation sites is 1. The van der Waals surface area contributed by atoms with Crippen LogP contribution in [0.2, 0.25) is 0 Å². The predicted molar refractivity (Wildman–Crippen MR) is 87.5 cm³/mol. The maximum Gasteiger partial charge on any atom is 0.240 e. The molecule has 5 nitrogen and oxygen atoms in total. The molecule has 2 amide bonds. The van der Waals surface area contributed by atoms with Crippen LogP contribution in [0.5, 0.6) is 0 Å². The highest BCUT2D eigenvalue weighted by atomic mass is 16.2. The summed E-state index contributed by atoms with van der Waals surface area (Å²) in [5.74, 6) is 0.260. The van der Waals surface area contributed by atoms with Crippen LogP contribution in [0.15, 0.2) is 35.4 Å². The number of anilines is 1. The minimum absolute atomic E-state index is 0.144. The molecule has 0 radical (unpaired) electrons. The van der Waals surface area contributed by atoms with Crippen molar-refractivity contribution in [3.63, 3.8) is 0 Å². The number of hydrogen-bond acceptors (Lipinski definition) is 3. The highest BCUT2D eigenvalue weighted by Gasteiger charge is 2.14. The number of carbonyl (C=O) groups is 2. The van der Waals surface area contributed by atoms with E-state index >= 15 is 0 Å². The van der Waals surface area contributed by atoms with Gasteiger partial charge in [-0.05, 0) is 43.7 Å². The van der Waals surface area contributed by atoms with Gasteiger partial charge in [0.1, 0.15) is 0 Å². The standard InChI is InChI=1S/C17H23N3O2/c1-13-6-5-9-15(12-13)19-20-17(22)11-10-16(21)18-14-7-3-2-4-8-14/h2-4,7-8,13H,5-6,9-12H2,1H3,(H,18,21)(H,20,22)/b19-15+/t13-/m0/s1. The van der Waals surface area contributed by atoms with Gasteiger partial charge in [0.2, 0.25) is 11.8 Å². The van der Waals surface area contributed by atoms with Gasteiger partial charge in [-0.25, -0.2) is 5.43 Å². The van der Waals surface area contributed by atoms with E-state index in [1.54, 1.807) is 0 Å². The van der Waals surface area contributed by atoms with Crippen molar-refractivity contribution in [3.8, 4) is 0 Å². The molecule has 0 bridgehead atoms. The fourth-order valence-corrected chi connectivity index (χ4v) is 2.53. The SMILES string of the molecule is C[C@H]1CCC/C(=N\NC(=O)CCC(=O)Nc2ccccc2)C1. The molecule has 118 valence electrons. The number of carbonyl (C=O) groups excluding carboxylic acids is 2. The second-order valence-corrected chi connectivity index (χ2v) is 5.83. The molecule has 0 heterocycles. The van der Waals surface area contributed by atoms with Crippen LogP contribution in [-0.2, 0) is 9.59 Å². The molecule has 1 aromatic carbocycles. The van der Waals surface area contributed by atoms with Crippen LogP contribution in [0, 0.1) is 5.92 Å². The van der Waals surface area contributed by atoms with E-state index in [4.69, 9.17) is 0 Å². The summed E-state index contributed by atoms with van der Waals surface area (Å²) in [6, 6.07) is 9.21. The minimum Gasteiger partial charge on any atom is -0.326 e. The number of rotatable bonds is 5. The summed E-state index contributed by atoms with van der Waals surface area (Å²) < 4.78 is 0. The van der Waals surface area contributed by atoms with Gasteiger partial charge in [-0.15, -0.1) is 0 Å². The lowest BCUT2D eigenvalue weighted by molar-refractivity contribution is -0.124. The van der Waals surface area contributed by atoms with Crippen molar-refractivity contribution < 1.29 is 9.59 Å². The third kappa shape index (κ3) is 5.68. The van der Waals surface area contributed by atoms with Crippen LogP contribution < -0.4 is 10.7 Å². The summed E-state index contributed by atoms with van der Waals surface area (Å²) in [7, 11) is 0. The van der Waals surface area contributed by atoms with Crippen LogP contribution >= 0.6 is 0 Å². The van der Waals surface area contributed by atoms with Crippen molar-refractivity contribution in [2.24, 2.45) is 11.0 Å². The Bertz CT molecular complexity index is 540. The number of nitrogens with one attached hydrogen (secondary N) is 2. The number of amides is 2. The van der Waals surface area contributed by atoms with Gasteiger partial charge in [0.05, 0.1) is 0 Å². The Morgan fingerprint density at radius 2 is 1.91 bits per heavy atom. The molecule has 1 aromatic rings. The molecule has 1 fully saturated rings. The van der Waals surface area contributed by atoms with Gasteiger partial charge in [-0.1, -0.05) is 25.1 Å². The quantitative estimate of drug-likeness (QED) is 0.820. The van der Waals surface area contributed by atoms with E-state index in [0.29, 0.717) is 5.92 Å². The van der Waals surface area contributed by atoms with Crippen molar-refractivity contribution in [2.45, 2.75) is 45.4 Å². The monoisotopic (exact) mass is 301 g/mol. The smallest absolute Gasteiger partial charge is 0.240 e. The maximum atomic E-state index is 11.7. The molecule has 1 saturated carbocycles. The lowest BCUT2D eigenvalue weighted by Gasteiger charge is -2.18. The molecule has 1 aliphatic rings. The van der Waals surface area contributed by atoms with Crippen molar-refractivity contribution in [1.82, 2.24) is 5.43 Å². The molecule has 0 saturated heterocycles. The van der Waals surface area contributed by atoms with Crippen LogP contribution in [0.1, 0.15) is 45.4 Å². The Morgan fingerprint density at radius 1 is 1.18 bits per heavy atom. The van der Waals surface area contributed by atoms with Gasteiger partial charge in [0, 0.05) is 24.2 Å². The van der Waals surface area contributed by atoms with E-state index in [2.05, 4.69) is 22.8 Å². The van der Waals surface area contributed by atoms with E-state index in [9.17, 15) is 9.59 Å². The molecule has 0 aromatic heterocycles. The van der Waals surface area contributed by atoms with Gasteiger partial charge in [0.15, 0.2) is 0 Å². The normalized spacial score (nSPS) is 19.7. The fourth-order valence-electron chi connectivity index (χ4n) is 2.53. The Morgan fingerprint density at radius 3 is 2.64 bits per heavy atom. The van der Waals surface area contributed by atoms with Gasteiger partial charge < -0.3 is 5.32 Å². The molecule has 1 aliphatic carbocycles. The number of nitrogens with zero attached hydrogens (tertiary/aromatic N) is 1. The van der Waals surface area contributed by atoms with Crippen LogP contribution in [0.3, 0.4) is 0 Å². The molecule has 2 N–H and O–H groups in total. The fraction of sp³-hybridized carbons (Fsp3) is 0.471. The highest BCUT2D eigenvalue weighted by Crippen LogP contribution is 2.20. The van der Waals surface area contributed by atoms with Crippen LogP contribution in [-0.4, -0.2) is 17.5 Å². The maximum absolute atomic E-state index is 11.7. The molecule has 1 atom stereocenters. The zero-order valence-corrected chi connectivity index (χ0v) is 13.0. The molecule has 0 spiro atoms. The number of hydrogen-bond donors (Lipinski definition) is 2. The van der Waals surface area contributed by atoms with Gasteiger partial charge in [0.25, 0.3) is 0 Å². The summed E-state index contributed by atoms with van der Waals surface area (Å²) in [4.78, 5) is 23.5. The largest absolute Gasteiger partial charge is 0.326 e. The zero-order chi connectivity index (χ0) is 15.8. The molecular formula is C17H23N3O2.